The van der Waals surface area contributed by atoms with Crippen LogP contribution in [0.5, 0.6) is 0 Å². The summed E-state index contributed by atoms with van der Waals surface area (Å²) < 4.78 is 5.90. The van der Waals surface area contributed by atoms with Gasteiger partial charge in [-0.2, -0.15) is 5.10 Å². The van der Waals surface area contributed by atoms with Crippen LogP contribution in [0.1, 0.15) is 52.1 Å². The molecule has 1 unspecified atom stereocenters. The molecule has 32 heavy (non-hydrogen) atoms. The Morgan fingerprint density at radius 2 is 2.12 bits per heavy atom. The number of rotatable bonds is 6. The van der Waals surface area contributed by atoms with E-state index in [-0.39, 0.29) is 12.0 Å². The molecule has 0 radical (unpaired) electrons. The van der Waals surface area contributed by atoms with E-state index in [0.29, 0.717) is 18.8 Å². The van der Waals surface area contributed by atoms with Crippen molar-refractivity contribution in [2.45, 2.75) is 51.7 Å². The lowest BCUT2D eigenvalue weighted by atomic mass is 10.1. The normalized spacial score (nSPS) is 17.7. The van der Waals surface area contributed by atoms with E-state index in [2.05, 4.69) is 41.4 Å². The van der Waals surface area contributed by atoms with Gasteiger partial charge in [0.15, 0.2) is 5.69 Å². The fraction of sp³-hybridized carbons (Fsp3) is 0.480. The number of para-hydroxylation sites is 1. The molecule has 1 saturated heterocycles. The van der Waals surface area contributed by atoms with Crippen molar-refractivity contribution < 1.29 is 9.53 Å². The monoisotopic (exact) mass is 433 g/mol. The predicted molar refractivity (Wildman–Crippen MR) is 125 cm³/mol. The predicted octanol–water partition coefficient (Wildman–Crippen LogP) is 3.64. The third-order valence-electron chi connectivity index (χ3n) is 6.63. The molecule has 1 N–H and O–H groups in total. The molecule has 3 heterocycles. The Bertz CT molecular complexity index is 1150. The van der Waals surface area contributed by atoms with Gasteiger partial charge < -0.3 is 14.5 Å². The standard InChI is InChI=1S/C25H31N5O2/c1-16-7-4-8-17-13-18(24(29(2)3)26-22(16)17)14-30(15-19-9-6-12-32-19)25(31)23-20-10-5-11-21(20)27-28-23/h4,7-8,13,19H,5-6,9-12,14-15H2,1-3H3,(H,27,28). The van der Waals surface area contributed by atoms with Crippen LogP contribution in [0.3, 0.4) is 0 Å². The maximum atomic E-state index is 13.7. The number of amides is 1. The summed E-state index contributed by atoms with van der Waals surface area (Å²) in [5.41, 5.74) is 5.96. The Balaban J connectivity index is 1.52. The van der Waals surface area contributed by atoms with Crippen LogP contribution in [0.25, 0.3) is 10.9 Å². The molecule has 1 aliphatic carbocycles. The van der Waals surface area contributed by atoms with Gasteiger partial charge in [0.1, 0.15) is 5.82 Å². The summed E-state index contributed by atoms with van der Waals surface area (Å²) in [6, 6.07) is 8.40. The number of aromatic nitrogens is 3. The highest BCUT2D eigenvalue weighted by Gasteiger charge is 2.30. The Morgan fingerprint density at radius 1 is 1.25 bits per heavy atom. The lowest BCUT2D eigenvalue weighted by Crippen LogP contribution is -2.38. The Hall–Kier alpha value is -2.93. The van der Waals surface area contributed by atoms with Crippen molar-refractivity contribution in [3.63, 3.8) is 0 Å². The van der Waals surface area contributed by atoms with Gasteiger partial charge in [-0.25, -0.2) is 4.98 Å². The van der Waals surface area contributed by atoms with Crippen molar-refractivity contribution >= 4 is 22.6 Å². The molecular formula is C25H31N5O2. The van der Waals surface area contributed by atoms with Crippen molar-refractivity contribution in [3.8, 4) is 0 Å². The zero-order valence-corrected chi connectivity index (χ0v) is 19.1. The molecule has 168 valence electrons. The second-order valence-electron chi connectivity index (χ2n) is 9.22. The highest BCUT2D eigenvalue weighted by atomic mass is 16.5. The highest BCUT2D eigenvalue weighted by molar-refractivity contribution is 5.94. The van der Waals surface area contributed by atoms with E-state index in [1.807, 2.05) is 23.9 Å². The van der Waals surface area contributed by atoms with Crippen LogP contribution >= 0.6 is 0 Å². The maximum absolute atomic E-state index is 13.7. The smallest absolute Gasteiger partial charge is 0.275 e. The molecule has 3 aromatic rings. The molecule has 1 atom stereocenters. The first-order chi connectivity index (χ1) is 15.5. The molecule has 7 heteroatoms. The molecule has 1 fully saturated rings. The van der Waals surface area contributed by atoms with Crippen LogP contribution in [-0.2, 0) is 24.1 Å². The van der Waals surface area contributed by atoms with Crippen molar-refractivity contribution in [2.24, 2.45) is 0 Å². The molecule has 0 bridgehead atoms. The molecule has 2 aromatic heterocycles. The number of benzene rings is 1. The minimum absolute atomic E-state index is 0.0195. The van der Waals surface area contributed by atoms with Gasteiger partial charge >= 0.3 is 0 Å². The van der Waals surface area contributed by atoms with Gasteiger partial charge in [0.05, 0.1) is 11.6 Å². The second-order valence-corrected chi connectivity index (χ2v) is 9.22. The number of carbonyl (C=O) groups is 1. The number of anilines is 1. The first kappa shape index (κ1) is 20.9. The summed E-state index contributed by atoms with van der Waals surface area (Å²) in [4.78, 5) is 22.6. The first-order valence-electron chi connectivity index (χ1n) is 11.5. The zero-order valence-electron chi connectivity index (χ0n) is 19.1. The molecule has 5 rings (SSSR count). The molecule has 0 spiro atoms. The van der Waals surface area contributed by atoms with E-state index in [1.54, 1.807) is 0 Å². The maximum Gasteiger partial charge on any atom is 0.275 e. The van der Waals surface area contributed by atoms with Crippen LogP contribution in [-0.4, -0.2) is 59.3 Å². The summed E-state index contributed by atoms with van der Waals surface area (Å²) in [5.74, 6) is 0.873. The van der Waals surface area contributed by atoms with Crippen LogP contribution < -0.4 is 4.90 Å². The lowest BCUT2D eigenvalue weighted by molar-refractivity contribution is 0.0502. The van der Waals surface area contributed by atoms with E-state index >= 15 is 0 Å². The van der Waals surface area contributed by atoms with Crippen molar-refractivity contribution in [1.29, 1.82) is 0 Å². The largest absolute Gasteiger partial charge is 0.376 e. The van der Waals surface area contributed by atoms with Crippen LogP contribution in [0.15, 0.2) is 24.3 Å². The number of aromatic amines is 1. The minimum atomic E-state index is -0.0195. The second kappa shape index (κ2) is 8.54. The number of ether oxygens (including phenoxy) is 1. The Labute approximate surface area is 188 Å². The van der Waals surface area contributed by atoms with E-state index in [4.69, 9.17) is 9.72 Å². The van der Waals surface area contributed by atoms with Gasteiger partial charge in [0.2, 0.25) is 0 Å². The quantitative estimate of drug-likeness (QED) is 0.642. The van der Waals surface area contributed by atoms with Crippen molar-refractivity contribution in [1.82, 2.24) is 20.1 Å². The molecule has 1 aliphatic heterocycles. The number of nitrogens with one attached hydrogen (secondary N) is 1. The van der Waals surface area contributed by atoms with Gasteiger partial charge in [-0.1, -0.05) is 18.2 Å². The third kappa shape index (κ3) is 3.86. The topological polar surface area (TPSA) is 74.3 Å². The van der Waals surface area contributed by atoms with E-state index < -0.39 is 0 Å². The number of fused-ring (bicyclic) bond motifs is 2. The number of pyridine rings is 1. The molecule has 1 amide bonds. The number of nitrogens with zero attached hydrogens (tertiary/aromatic N) is 4. The van der Waals surface area contributed by atoms with E-state index in [9.17, 15) is 4.79 Å². The number of hydrogen-bond acceptors (Lipinski definition) is 5. The molecule has 7 nitrogen and oxygen atoms in total. The van der Waals surface area contributed by atoms with Gasteiger partial charge in [-0.3, -0.25) is 9.89 Å². The molecular weight excluding hydrogens is 402 g/mol. The minimum Gasteiger partial charge on any atom is -0.376 e. The van der Waals surface area contributed by atoms with Crippen LogP contribution in [0.2, 0.25) is 0 Å². The molecule has 2 aliphatic rings. The first-order valence-corrected chi connectivity index (χ1v) is 11.5. The van der Waals surface area contributed by atoms with Crippen LogP contribution in [0, 0.1) is 6.92 Å². The zero-order chi connectivity index (χ0) is 22.2. The number of hydrogen-bond donors (Lipinski definition) is 1. The summed E-state index contributed by atoms with van der Waals surface area (Å²) in [6.45, 7) is 3.90. The Morgan fingerprint density at radius 3 is 2.91 bits per heavy atom. The summed E-state index contributed by atoms with van der Waals surface area (Å²) in [5, 5.41) is 8.59. The molecule has 0 saturated carbocycles. The summed E-state index contributed by atoms with van der Waals surface area (Å²) in [7, 11) is 4.01. The highest BCUT2D eigenvalue weighted by Crippen LogP contribution is 2.28. The Kier molecular flexibility index (Phi) is 5.59. The van der Waals surface area contributed by atoms with Gasteiger partial charge in [-0.15, -0.1) is 0 Å². The van der Waals surface area contributed by atoms with E-state index in [1.165, 1.54) is 0 Å². The van der Waals surface area contributed by atoms with Crippen molar-refractivity contribution in [2.75, 3.05) is 32.1 Å². The van der Waals surface area contributed by atoms with E-state index in [0.717, 1.165) is 77.8 Å². The third-order valence-corrected chi connectivity index (χ3v) is 6.63. The average molecular weight is 434 g/mol. The fourth-order valence-electron chi connectivity index (χ4n) is 4.99. The van der Waals surface area contributed by atoms with Crippen molar-refractivity contribution in [3.05, 3.63) is 52.3 Å². The van der Waals surface area contributed by atoms with Gasteiger partial charge in [-0.05, 0) is 50.7 Å². The SMILES string of the molecule is Cc1cccc2cc(CN(CC3CCCO3)C(=O)c3n[nH]c4c3CCC4)c(N(C)C)nc12. The molecule has 1 aromatic carbocycles. The number of carbonyl (C=O) groups excluding carboxylic acids is 1. The summed E-state index contributed by atoms with van der Waals surface area (Å²) in [6.07, 6.45) is 5.07. The van der Waals surface area contributed by atoms with Crippen LogP contribution in [0.4, 0.5) is 5.82 Å². The summed E-state index contributed by atoms with van der Waals surface area (Å²) >= 11 is 0. The number of H-pyrrole nitrogens is 1. The number of aryl methyl sites for hydroxylation is 2. The van der Waals surface area contributed by atoms with Gasteiger partial charge in [0.25, 0.3) is 5.91 Å². The lowest BCUT2D eigenvalue weighted by Gasteiger charge is -2.27. The fourth-order valence-corrected chi connectivity index (χ4v) is 4.99. The van der Waals surface area contributed by atoms with Gasteiger partial charge in [0, 0.05) is 56.0 Å². The average Bonchev–Trinajstić information content (AvgIpc) is 3.51.